The van der Waals surface area contributed by atoms with Crippen LogP contribution in [-0.4, -0.2) is 43.5 Å². The van der Waals surface area contributed by atoms with Crippen LogP contribution in [0.3, 0.4) is 0 Å². The number of hydrogen-bond donors (Lipinski definition) is 1. The minimum Gasteiger partial charge on any atom is -0.497 e. The summed E-state index contributed by atoms with van der Waals surface area (Å²) in [5, 5.41) is 13.4. The van der Waals surface area contributed by atoms with Gasteiger partial charge in [-0.2, -0.15) is 0 Å². The molecule has 0 saturated carbocycles. The van der Waals surface area contributed by atoms with Crippen molar-refractivity contribution in [1.82, 2.24) is 4.90 Å². The predicted octanol–water partition coefficient (Wildman–Crippen LogP) is 2.68. The predicted molar refractivity (Wildman–Crippen MR) is 97.6 cm³/mol. The van der Waals surface area contributed by atoms with Gasteiger partial charge in [0.15, 0.2) is 0 Å². The van der Waals surface area contributed by atoms with Crippen LogP contribution in [0.5, 0.6) is 11.5 Å². The lowest BCUT2D eigenvalue weighted by Crippen LogP contribution is -2.29. The van der Waals surface area contributed by atoms with E-state index in [1.807, 2.05) is 24.1 Å². The van der Waals surface area contributed by atoms with Crippen molar-refractivity contribution in [1.29, 1.82) is 0 Å². The van der Waals surface area contributed by atoms with Crippen LogP contribution in [0.2, 0.25) is 0 Å². The van der Waals surface area contributed by atoms with Gasteiger partial charge in [0.05, 0.1) is 25.7 Å². The third kappa shape index (κ3) is 5.18. The average Bonchev–Trinajstić information content (AvgIpc) is 2.62. The number of anilines is 1. The molecule has 2 aromatic carbocycles. The number of methoxy groups -OCH3 is 2. The molecule has 8 nitrogen and oxygen atoms in total. The molecule has 0 heterocycles. The van der Waals surface area contributed by atoms with Crippen molar-refractivity contribution < 1.29 is 19.2 Å². The van der Waals surface area contributed by atoms with Crippen LogP contribution in [0, 0.1) is 10.1 Å². The number of ether oxygens (including phenoxy) is 2. The summed E-state index contributed by atoms with van der Waals surface area (Å²) in [6, 6.07) is 11.2. The second-order valence-electron chi connectivity index (χ2n) is 5.70. The van der Waals surface area contributed by atoms with Crippen LogP contribution in [0.1, 0.15) is 5.56 Å². The van der Waals surface area contributed by atoms with Crippen molar-refractivity contribution in [3.8, 4) is 11.5 Å². The van der Waals surface area contributed by atoms with E-state index in [0.29, 0.717) is 23.7 Å². The first-order chi connectivity index (χ1) is 12.4. The molecule has 1 N–H and O–H groups in total. The van der Waals surface area contributed by atoms with Crippen LogP contribution in [0.15, 0.2) is 42.5 Å². The number of hydrogen-bond acceptors (Lipinski definition) is 6. The normalized spacial score (nSPS) is 10.5. The highest BCUT2D eigenvalue weighted by Gasteiger charge is 2.12. The second kappa shape index (κ2) is 8.82. The van der Waals surface area contributed by atoms with E-state index in [4.69, 9.17) is 9.47 Å². The Bertz CT molecular complexity index is 777. The number of likely N-dealkylation sites (N-methyl/N-ethyl adjacent to an activating group) is 1. The Hall–Kier alpha value is -3.13. The van der Waals surface area contributed by atoms with Gasteiger partial charge < -0.3 is 14.8 Å². The van der Waals surface area contributed by atoms with Gasteiger partial charge in [-0.1, -0.05) is 6.07 Å². The molecule has 0 atom stereocenters. The summed E-state index contributed by atoms with van der Waals surface area (Å²) in [7, 11) is 4.99. The fraction of sp³-hybridized carbons (Fsp3) is 0.278. The van der Waals surface area contributed by atoms with Gasteiger partial charge >= 0.3 is 0 Å². The largest absolute Gasteiger partial charge is 0.497 e. The third-order valence-electron chi connectivity index (χ3n) is 3.71. The van der Waals surface area contributed by atoms with Crippen LogP contribution in [0.4, 0.5) is 11.4 Å². The molecule has 0 saturated heterocycles. The van der Waals surface area contributed by atoms with E-state index in [-0.39, 0.29) is 18.1 Å². The fourth-order valence-corrected chi connectivity index (χ4v) is 2.44. The molecule has 1 amide bonds. The Morgan fingerprint density at radius 3 is 2.42 bits per heavy atom. The zero-order chi connectivity index (χ0) is 19.1. The molecule has 0 aliphatic heterocycles. The fourth-order valence-electron chi connectivity index (χ4n) is 2.44. The molecule has 0 fully saturated rings. The molecule has 138 valence electrons. The Morgan fingerprint density at radius 1 is 1.15 bits per heavy atom. The zero-order valence-corrected chi connectivity index (χ0v) is 14.9. The summed E-state index contributed by atoms with van der Waals surface area (Å²) in [5.41, 5.74) is 1.42. The van der Waals surface area contributed by atoms with Crippen LogP contribution >= 0.6 is 0 Å². The van der Waals surface area contributed by atoms with Gasteiger partial charge in [0.2, 0.25) is 5.91 Å². The lowest BCUT2D eigenvalue weighted by atomic mass is 10.2. The molecule has 0 aromatic heterocycles. The SMILES string of the molecule is COc1ccc(CN(C)CC(=O)Nc2ccc([N+](=O)[O-])cc2)c(OC)c1. The number of carbonyl (C=O) groups excluding carboxylic acids is 1. The lowest BCUT2D eigenvalue weighted by Gasteiger charge is -2.18. The van der Waals surface area contributed by atoms with Crippen LogP contribution < -0.4 is 14.8 Å². The first-order valence-corrected chi connectivity index (χ1v) is 7.86. The number of nitro groups is 1. The molecule has 8 heteroatoms. The summed E-state index contributed by atoms with van der Waals surface area (Å²) in [6.07, 6.45) is 0. The number of rotatable bonds is 8. The maximum absolute atomic E-state index is 12.1. The molecule has 0 aliphatic rings. The monoisotopic (exact) mass is 359 g/mol. The Kier molecular flexibility index (Phi) is 6.51. The topological polar surface area (TPSA) is 93.9 Å². The summed E-state index contributed by atoms with van der Waals surface area (Å²) < 4.78 is 10.5. The van der Waals surface area contributed by atoms with E-state index < -0.39 is 4.92 Å². The molecule has 2 aromatic rings. The smallest absolute Gasteiger partial charge is 0.269 e. The highest BCUT2D eigenvalue weighted by atomic mass is 16.6. The van der Waals surface area contributed by atoms with Gasteiger partial charge in [-0.3, -0.25) is 19.8 Å². The minimum atomic E-state index is -0.485. The molecule has 0 radical (unpaired) electrons. The van der Waals surface area contributed by atoms with E-state index in [1.54, 1.807) is 20.3 Å². The van der Waals surface area contributed by atoms with Gasteiger partial charge in [0.25, 0.3) is 5.69 Å². The van der Waals surface area contributed by atoms with E-state index in [1.165, 1.54) is 24.3 Å². The van der Waals surface area contributed by atoms with Crippen molar-refractivity contribution in [3.63, 3.8) is 0 Å². The molecular weight excluding hydrogens is 338 g/mol. The van der Waals surface area contributed by atoms with Crippen molar-refractivity contribution in [2.24, 2.45) is 0 Å². The zero-order valence-electron chi connectivity index (χ0n) is 14.9. The van der Waals surface area contributed by atoms with Gasteiger partial charge in [-0.15, -0.1) is 0 Å². The summed E-state index contributed by atoms with van der Waals surface area (Å²) in [5.74, 6) is 1.17. The quantitative estimate of drug-likeness (QED) is 0.575. The second-order valence-corrected chi connectivity index (χ2v) is 5.70. The van der Waals surface area contributed by atoms with Gasteiger partial charge in [0, 0.05) is 36.0 Å². The van der Waals surface area contributed by atoms with Crippen molar-refractivity contribution in [2.75, 3.05) is 33.1 Å². The van der Waals surface area contributed by atoms with E-state index in [2.05, 4.69) is 5.32 Å². The highest BCUT2D eigenvalue weighted by Crippen LogP contribution is 2.25. The Labute approximate surface area is 151 Å². The number of benzene rings is 2. The molecule has 0 bridgehead atoms. The molecule has 26 heavy (non-hydrogen) atoms. The lowest BCUT2D eigenvalue weighted by molar-refractivity contribution is -0.384. The molecular formula is C18H21N3O5. The molecule has 0 unspecified atom stereocenters. The number of nitrogens with zero attached hydrogens (tertiary/aromatic N) is 2. The highest BCUT2D eigenvalue weighted by molar-refractivity contribution is 5.92. The maximum Gasteiger partial charge on any atom is 0.269 e. The standard InChI is InChI=1S/C18H21N3O5/c1-20(11-13-4-9-16(25-2)10-17(13)26-3)12-18(22)19-14-5-7-15(8-6-14)21(23)24/h4-10H,11-12H2,1-3H3,(H,19,22). The van der Waals surface area contributed by atoms with Crippen LogP contribution in [0.25, 0.3) is 0 Å². The van der Waals surface area contributed by atoms with Gasteiger partial charge in [0.1, 0.15) is 11.5 Å². The Balaban J connectivity index is 1.93. The average molecular weight is 359 g/mol. The number of non-ortho nitro benzene ring substituents is 1. The third-order valence-corrected chi connectivity index (χ3v) is 3.71. The first-order valence-electron chi connectivity index (χ1n) is 7.86. The van der Waals surface area contributed by atoms with Gasteiger partial charge in [-0.25, -0.2) is 0 Å². The first kappa shape index (κ1) is 19.2. The van der Waals surface area contributed by atoms with Crippen molar-refractivity contribution >= 4 is 17.3 Å². The maximum atomic E-state index is 12.1. The summed E-state index contributed by atoms with van der Waals surface area (Å²) >= 11 is 0. The number of nitro benzene ring substituents is 1. The Morgan fingerprint density at radius 2 is 1.85 bits per heavy atom. The van der Waals surface area contributed by atoms with E-state index in [9.17, 15) is 14.9 Å². The van der Waals surface area contributed by atoms with E-state index in [0.717, 1.165) is 5.56 Å². The van der Waals surface area contributed by atoms with Crippen LogP contribution in [-0.2, 0) is 11.3 Å². The summed E-state index contributed by atoms with van der Waals surface area (Å²) in [6.45, 7) is 0.674. The molecule has 2 rings (SSSR count). The van der Waals surface area contributed by atoms with E-state index >= 15 is 0 Å². The number of amides is 1. The van der Waals surface area contributed by atoms with Gasteiger partial charge in [-0.05, 0) is 25.2 Å². The molecule has 0 aliphatic carbocycles. The summed E-state index contributed by atoms with van der Waals surface area (Å²) in [4.78, 5) is 24.1. The number of nitrogens with one attached hydrogen (secondary N) is 1. The minimum absolute atomic E-state index is 0.0216. The van der Waals surface area contributed by atoms with Crippen molar-refractivity contribution in [3.05, 3.63) is 58.1 Å². The molecule has 0 spiro atoms. The number of carbonyl (C=O) groups is 1. The van der Waals surface area contributed by atoms with Crippen molar-refractivity contribution in [2.45, 2.75) is 6.54 Å².